The molecule has 0 atom stereocenters. The van der Waals surface area contributed by atoms with Crippen LogP contribution in [-0.2, 0) is 26.0 Å². The molecule has 146 valence electrons. The van der Waals surface area contributed by atoms with Crippen LogP contribution in [0.2, 0.25) is 0 Å². The van der Waals surface area contributed by atoms with Crippen LogP contribution in [-0.4, -0.2) is 67.9 Å². The second-order valence-electron chi connectivity index (χ2n) is 6.91. The fourth-order valence-electron chi connectivity index (χ4n) is 3.38. The van der Waals surface area contributed by atoms with Gasteiger partial charge in [0.2, 0.25) is 21.8 Å². The SMILES string of the molecule is CS(=O)(=O)N1CCC(c2noc(CCNC(=O)C3CCOCC3)n2)CC1. The van der Waals surface area contributed by atoms with Gasteiger partial charge in [0.15, 0.2) is 5.82 Å². The molecule has 1 aromatic heterocycles. The number of nitrogens with one attached hydrogen (secondary N) is 1. The molecule has 2 aliphatic rings. The minimum Gasteiger partial charge on any atom is -0.381 e. The van der Waals surface area contributed by atoms with Crippen molar-refractivity contribution >= 4 is 15.9 Å². The number of carbonyl (C=O) groups excluding carboxylic acids is 1. The Labute approximate surface area is 153 Å². The third-order valence-electron chi connectivity index (χ3n) is 5.00. The second kappa shape index (κ2) is 8.45. The standard InChI is InChI=1S/C16H26N4O5S/c1-26(22,23)20-8-3-12(4-9-20)15-18-14(25-19-15)2-7-17-16(21)13-5-10-24-11-6-13/h12-13H,2-11H2,1H3,(H,17,21). The molecule has 3 rings (SSSR count). The van der Waals surface area contributed by atoms with Gasteiger partial charge in [-0.25, -0.2) is 12.7 Å². The van der Waals surface area contributed by atoms with E-state index >= 15 is 0 Å². The maximum Gasteiger partial charge on any atom is 0.228 e. The largest absolute Gasteiger partial charge is 0.381 e. The average molecular weight is 386 g/mol. The normalized spacial score (nSPS) is 21.0. The first-order valence-electron chi connectivity index (χ1n) is 9.06. The van der Waals surface area contributed by atoms with E-state index in [4.69, 9.17) is 9.26 Å². The van der Waals surface area contributed by atoms with Crippen molar-refractivity contribution in [3.63, 3.8) is 0 Å². The third-order valence-corrected chi connectivity index (χ3v) is 6.31. The van der Waals surface area contributed by atoms with Crippen molar-refractivity contribution in [3.05, 3.63) is 11.7 Å². The number of carbonyl (C=O) groups is 1. The third kappa shape index (κ3) is 5.01. The molecule has 2 aliphatic heterocycles. The maximum atomic E-state index is 12.1. The molecule has 2 fully saturated rings. The predicted molar refractivity (Wildman–Crippen MR) is 92.9 cm³/mol. The topological polar surface area (TPSA) is 115 Å². The molecular formula is C16H26N4O5S. The molecule has 0 aliphatic carbocycles. The summed E-state index contributed by atoms with van der Waals surface area (Å²) in [7, 11) is -3.13. The zero-order valence-corrected chi connectivity index (χ0v) is 15.8. The van der Waals surface area contributed by atoms with Crippen LogP contribution in [0.15, 0.2) is 4.52 Å². The van der Waals surface area contributed by atoms with Gasteiger partial charge < -0.3 is 14.6 Å². The summed E-state index contributed by atoms with van der Waals surface area (Å²) in [6.45, 7) is 2.71. The number of hydrogen-bond donors (Lipinski definition) is 1. The van der Waals surface area contributed by atoms with E-state index in [1.807, 2.05) is 0 Å². The summed E-state index contributed by atoms with van der Waals surface area (Å²) in [4.78, 5) is 16.5. The Bertz CT molecular complexity index is 706. The van der Waals surface area contributed by atoms with E-state index in [9.17, 15) is 13.2 Å². The van der Waals surface area contributed by atoms with Crippen molar-refractivity contribution in [1.82, 2.24) is 19.8 Å². The number of hydrogen-bond acceptors (Lipinski definition) is 7. The molecule has 0 saturated carbocycles. The van der Waals surface area contributed by atoms with Gasteiger partial charge in [-0.05, 0) is 25.7 Å². The van der Waals surface area contributed by atoms with Gasteiger partial charge in [0, 0.05) is 51.1 Å². The van der Waals surface area contributed by atoms with Crippen LogP contribution in [0.25, 0.3) is 0 Å². The second-order valence-corrected chi connectivity index (χ2v) is 8.89. The van der Waals surface area contributed by atoms with E-state index < -0.39 is 10.0 Å². The van der Waals surface area contributed by atoms with E-state index in [-0.39, 0.29) is 17.7 Å². The van der Waals surface area contributed by atoms with Gasteiger partial charge in [0.25, 0.3) is 0 Å². The molecule has 0 aromatic carbocycles. The fraction of sp³-hybridized carbons (Fsp3) is 0.812. The van der Waals surface area contributed by atoms with Gasteiger partial charge in [0.1, 0.15) is 0 Å². The number of sulfonamides is 1. The molecular weight excluding hydrogens is 360 g/mol. The van der Waals surface area contributed by atoms with Crippen LogP contribution in [0.1, 0.15) is 43.3 Å². The lowest BCUT2D eigenvalue weighted by Crippen LogP contribution is -2.37. The molecule has 10 heteroatoms. The Morgan fingerprint density at radius 2 is 1.92 bits per heavy atom. The minimum absolute atomic E-state index is 0.0297. The highest BCUT2D eigenvalue weighted by molar-refractivity contribution is 7.88. The van der Waals surface area contributed by atoms with Crippen molar-refractivity contribution in [3.8, 4) is 0 Å². The van der Waals surface area contributed by atoms with E-state index in [0.29, 0.717) is 63.8 Å². The van der Waals surface area contributed by atoms with Gasteiger partial charge in [-0.15, -0.1) is 0 Å². The van der Waals surface area contributed by atoms with Crippen molar-refractivity contribution in [2.45, 2.75) is 38.0 Å². The Kier molecular flexibility index (Phi) is 6.25. The number of aromatic nitrogens is 2. The van der Waals surface area contributed by atoms with Gasteiger partial charge in [0.05, 0.1) is 6.26 Å². The zero-order chi connectivity index (χ0) is 18.6. The smallest absolute Gasteiger partial charge is 0.228 e. The summed E-state index contributed by atoms with van der Waals surface area (Å²) in [5, 5.41) is 6.95. The van der Waals surface area contributed by atoms with Crippen LogP contribution >= 0.6 is 0 Å². The molecule has 9 nitrogen and oxygen atoms in total. The van der Waals surface area contributed by atoms with Crippen molar-refractivity contribution in [2.24, 2.45) is 5.92 Å². The first kappa shape index (κ1) is 19.2. The van der Waals surface area contributed by atoms with Crippen molar-refractivity contribution < 1.29 is 22.5 Å². The predicted octanol–water partition coefficient (Wildman–Crippen LogP) is 0.294. The van der Waals surface area contributed by atoms with Crippen LogP contribution in [0.5, 0.6) is 0 Å². The molecule has 26 heavy (non-hydrogen) atoms. The lowest BCUT2D eigenvalue weighted by atomic mass is 9.97. The summed E-state index contributed by atoms with van der Waals surface area (Å²) >= 11 is 0. The maximum absolute atomic E-state index is 12.1. The molecule has 2 saturated heterocycles. The monoisotopic (exact) mass is 386 g/mol. The fourth-order valence-corrected chi connectivity index (χ4v) is 4.25. The van der Waals surface area contributed by atoms with Crippen LogP contribution < -0.4 is 5.32 Å². The molecule has 0 spiro atoms. The van der Waals surface area contributed by atoms with E-state index in [0.717, 1.165) is 12.8 Å². The Balaban J connectivity index is 1.43. The number of amides is 1. The van der Waals surface area contributed by atoms with Gasteiger partial charge in [-0.2, -0.15) is 4.98 Å². The Hall–Kier alpha value is -1.52. The molecule has 0 bridgehead atoms. The minimum atomic E-state index is -3.13. The quantitative estimate of drug-likeness (QED) is 0.747. The average Bonchev–Trinajstić information content (AvgIpc) is 3.11. The van der Waals surface area contributed by atoms with E-state index in [1.54, 1.807) is 0 Å². The number of nitrogens with zero attached hydrogens (tertiary/aromatic N) is 3. The molecule has 0 radical (unpaired) electrons. The molecule has 3 heterocycles. The Morgan fingerprint density at radius 3 is 2.58 bits per heavy atom. The zero-order valence-electron chi connectivity index (χ0n) is 15.0. The highest BCUT2D eigenvalue weighted by atomic mass is 32.2. The molecule has 0 unspecified atom stereocenters. The van der Waals surface area contributed by atoms with Gasteiger partial charge in [-0.3, -0.25) is 4.79 Å². The van der Waals surface area contributed by atoms with E-state index in [1.165, 1.54) is 10.6 Å². The first-order valence-corrected chi connectivity index (χ1v) is 10.9. The summed E-state index contributed by atoms with van der Waals surface area (Å²) < 4.78 is 35.1. The lowest BCUT2D eigenvalue weighted by Gasteiger charge is -2.28. The highest BCUT2D eigenvalue weighted by Gasteiger charge is 2.28. The first-order chi connectivity index (χ1) is 12.4. The number of piperidine rings is 1. The Morgan fingerprint density at radius 1 is 1.23 bits per heavy atom. The van der Waals surface area contributed by atoms with E-state index in [2.05, 4.69) is 15.5 Å². The number of ether oxygens (including phenoxy) is 1. The summed E-state index contributed by atoms with van der Waals surface area (Å²) in [6.07, 6.45) is 4.63. The van der Waals surface area contributed by atoms with Crippen LogP contribution in [0.3, 0.4) is 0 Å². The number of rotatable bonds is 6. The van der Waals surface area contributed by atoms with Gasteiger partial charge in [-0.1, -0.05) is 5.16 Å². The highest BCUT2D eigenvalue weighted by Crippen LogP contribution is 2.27. The summed E-state index contributed by atoms with van der Waals surface area (Å²) in [5.74, 6) is 1.33. The molecule has 1 amide bonds. The van der Waals surface area contributed by atoms with Crippen molar-refractivity contribution in [2.75, 3.05) is 39.1 Å². The molecule has 1 aromatic rings. The van der Waals surface area contributed by atoms with Gasteiger partial charge >= 0.3 is 0 Å². The molecule has 1 N–H and O–H groups in total. The summed E-state index contributed by atoms with van der Waals surface area (Å²) in [5.41, 5.74) is 0. The van der Waals surface area contributed by atoms with Crippen molar-refractivity contribution in [1.29, 1.82) is 0 Å². The summed E-state index contributed by atoms with van der Waals surface area (Å²) in [6, 6.07) is 0. The van der Waals surface area contributed by atoms with Crippen LogP contribution in [0, 0.1) is 5.92 Å². The lowest BCUT2D eigenvalue weighted by molar-refractivity contribution is -0.127. The van der Waals surface area contributed by atoms with Crippen LogP contribution in [0.4, 0.5) is 0 Å².